The van der Waals surface area contributed by atoms with Gasteiger partial charge in [-0.2, -0.15) is 0 Å². The second kappa shape index (κ2) is 4.05. The molecule has 2 aliphatic heterocycles. The lowest BCUT2D eigenvalue weighted by molar-refractivity contribution is -0.138. The zero-order chi connectivity index (χ0) is 20.5. The number of carbonyl (C=O) groups excluding carboxylic acids is 1. The first kappa shape index (κ1) is 8.34. The fourth-order valence-corrected chi connectivity index (χ4v) is 4.44. The molecule has 1 aromatic rings. The molecule has 4 aliphatic rings. The number of hydrogen-bond acceptors (Lipinski definition) is 4. The van der Waals surface area contributed by atoms with E-state index in [2.05, 4.69) is 0 Å². The smallest absolute Gasteiger partial charge is 0.174 e. The van der Waals surface area contributed by atoms with Crippen LogP contribution in [0.2, 0.25) is 0 Å². The van der Waals surface area contributed by atoms with E-state index in [1.54, 1.807) is 19.2 Å². The van der Waals surface area contributed by atoms with Crippen LogP contribution in [0.4, 0.5) is 0 Å². The summed E-state index contributed by atoms with van der Waals surface area (Å²) in [5, 5.41) is 0. The van der Waals surface area contributed by atoms with Gasteiger partial charge in [-0.25, -0.2) is 0 Å². The minimum Gasteiger partial charge on any atom is -0.493 e. The van der Waals surface area contributed by atoms with Gasteiger partial charge in [0.15, 0.2) is 23.4 Å². The van der Waals surface area contributed by atoms with Crippen LogP contribution in [-0.2, 0) is 16.6 Å². The van der Waals surface area contributed by atoms with Gasteiger partial charge < -0.3 is 14.4 Å². The topological polar surface area (TPSA) is 38.8 Å². The van der Waals surface area contributed by atoms with Gasteiger partial charge in [0, 0.05) is 31.6 Å². The van der Waals surface area contributed by atoms with Crippen molar-refractivity contribution in [2.24, 2.45) is 5.89 Å². The van der Waals surface area contributed by atoms with Crippen LogP contribution in [0.15, 0.2) is 12.1 Å². The first-order chi connectivity index (χ1) is 12.9. The average Bonchev–Trinajstić information content (AvgIpc) is 2.97. The van der Waals surface area contributed by atoms with Crippen LogP contribution in [0.3, 0.4) is 0 Å². The Hall–Kier alpha value is -1.55. The Labute approximate surface area is 138 Å². The molecule has 0 aromatic heterocycles. The Morgan fingerprint density at radius 1 is 1.55 bits per heavy atom. The number of ether oxygens (including phenoxy) is 2. The van der Waals surface area contributed by atoms with Crippen LogP contribution in [-0.4, -0.2) is 43.5 Å². The third kappa shape index (κ3) is 1.27. The van der Waals surface area contributed by atoms with E-state index in [9.17, 15) is 7.54 Å². The number of carbonyl (C=O) groups is 1. The zero-order valence-electron chi connectivity index (χ0n) is 18.5. The van der Waals surface area contributed by atoms with Crippen LogP contribution in [0.25, 0.3) is 0 Å². The summed E-state index contributed by atoms with van der Waals surface area (Å²) in [6.07, 6.45) is -6.18. The molecule has 2 fully saturated rings. The highest BCUT2D eigenvalue weighted by atomic mass is 16.5. The molecule has 1 spiro atoms. The number of methoxy groups -OCH3 is 1. The van der Waals surface area contributed by atoms with Gasteiger partial charge in [-0.05, 0) is 50.3 Å². The maximum absolute atomic E-state index is 13.1. The SMILES string of the molecule is [2H]C1([2H])C[C@]2([2H])[C@@]34CCN(C)[C@]2([2H])C([2H])([2H])c2ccc(OC)c(c23)OC4C1=O. The molecule has 0 amide bonds. The van der Waals surface area contributed by atoms with Gasteiger partial charge in [-0.15, -0.1) is 0 Å². The van der Waals surface area contributed by atoms with Crippen molar-refractivity contribution < 1.29 is 22.5 Å². The molecular weight excluding hydrogens is 278 g/mol. The van der Waals surface area contributed by atoms with Gasteiger partial charge in [-0.3, -0.25) is 4.79 Å². The number of piperidine rings is 1. The fourth-order valence-electron chi connectivity index (χ4n) is 4.44. The minimum absolute atomic E-state index is 0.211. The van der Waals surface area contributed by atoms with Gasteiger partial charge in [0.1, 0.15) is 0 Å². The summed E-state index contributed by atoms with van der Waals surface area (Å²) < 4.78 is 64.4. The van der Waals surface area contributed by atoms with Crippen molar-refractivity contribution in [3.8, 4) is 11.5 Å². The van der Waals surface area contributed by atoms with Crippen LogP contribution in [0.1, 0.15) is 38.6 Å². The molecule has 1 aromatic carbocycles. The molecule has 0 radical (unpaired) electrons. The lowest BCUT2D eigenvalue weighted by Crippen LogP contribution is -2.65. The quantitative estimate of drug-likeness (QED) is 0.795. The molecule has 0 N–H and O–H groups in total. The Kier molecular flexibility index (Phi) is 1.53. The van der Waals surface area contributed by atoms with Gasteiger partial charge in [0.2, 0.25) is 0 Å². The van der Waals surface area contributed by atoms with E-state index >= 15 is 0 Å². The molecule has 2 heterocycles. The summed E-state index contributed by atoms with van der Waals surface area (Å²) in [5.74, 6) is -2.13. The van der Waals surface area contributed by atoms with E-state index < -0.39 is 48.4 Å². The first-order valence-corrected chi connectivity index (χ1v) is 7.54. The number of likely N-dealkylation sites (N-methyl/N-ethyl adjacent to an activating group) is 1. The van der Waals surface area contributed by atoms with Gasteiger partial charge in [0.25, 0.3) is 0 Å². The van der Waals surface area contributed by atoms with Crippen molar-refractivity contribution in [2.45, 2.75) is 43.1 Å². The van der Waals surface area contributed by atoms with Crippen LogP contribution in [0, 0.1) is 5.89 Å². The molecule has 1 saturated heterocycles. The Morgan fingerprint density at radius 2 is 2.41 bits per heavy atom. The number of likely N-dealkylation sites (tertiary alicyclic amines) is 1. The normalized spacial score (nSPS) is 53.7. The summed E-state index contributed by atoms with van der Waals surface area (Å²) in [6, 6.07) is 1.02. The molecule has 2 aliphatic carbocycles. The Bertz CT molecular complexity index is 938. The molecule has 4 nitrogen and oxygen atoms in total. The van der Waals surface area contributed by atoms with E-state index in [4.69, 9.17) is 15.0 Å². The van der Waals surface area contributed by atoms with Crippen molar-refractivity contribution in [1.29, 1.82) is 0 Å². The molecule has 22 heavy (non-hydrogen) atoms. The zero-order valence-corrected chi connectivity index (χ0v) is 12.5. The molecule has 5 rings (SSSR count). The predicted molar refractivity (Wildman–Crippen MR) is 81.6 cm³/mol. The number of ketones is 1. The fraction of sp³-hybridized carbons (Fsp3) is 0.611. The lowest BCUT2D eigenvalue weighted by atomic mass is 9.52. The number of hydrogen-bond donors (Lipinski definition) is 0. The third-order valence-electron chi connectivity index (χ3n) is 5.45. The van der Waals surface area contributed by atoms with E-state index in [0.29, 0.717) is 24.3 Å². The molecule has 116 valence electrons. The largest absolute Gasteiger partial charge is 0.493 e. The third-order valence-corrected chi connectivity index (χ3v) is 5.45. The maximum atomic E-state index is 13.1. The summed E-state index contributed by atoms with van der Waals surface area (Å²) in [4.78, 5) is 14.6. The Morgan fingerprint density at radius 3 is 3.23 bits per heavy atom. The molecule has 4 atom stereocenters. The number of rotatable bonds is 1. The van der Waals surface area contributed by atoms with E-state index in [0.717, 1.165) is 0 Å². The molecule has 2 bridgehead atoms. The van der Waals surface area contributed by atoms with Crippen molar-refractivity contribution in [3.05, 3.63) is 23.3 Å². The van der Waals surface area contributed by atoms with E-state index in [-0.39, 0.29) is 11.3 Å². The van der Waals surface area contributed by atoms with Crippen LogP contribution in [0.5, 0.6) is 11.5 Å². The van der Waals surface area contributed by atoms with Crippen LogP contribution < -0.4 is 9.47 Å². The summed E-state index contributed by atoms with van der Waals surface area (Å²) in [7, 11) is 3.04. The van der Waals surface area contributed by atoms with Gasteiger partial charge in [0.05, 0.1) is 7.11 Å². The van der Waals surface area contributed by atoms with Crippen molar-refractivity contribution in [3.63, 3.8) is 0 Å². The van der Waals surface area contributed by atoms with Crippen molar-refractivity contribution in [2.75, 3.05) is 20.7 Å². The number of nitrogens with zero attached hydrogens (tertiary/aromatic N) is 1. The summed E-state index contributed by atoms with van der Waals surface area (Å²) in [6.45, 7) is 0.301. The van der Waals surface area contributed by atoms with Gasteiger partial charge >= 0.3 is 0 Å². The second-order valence-corrected chi connectivity index (χ2v) is 6.33. The summed E-state index contributed by atoms with van der Waals surface area (Å²) >= 11 is 0. The predicted octanol–water partition coefficient (Wildman–Crippen LogP) is 1.93. The molecule has 4 heteroatoms. The molecule has 1 saturated carbocycles. The number of benzene rings is 1. The molecule has 1 unspecified atom stereocenters. The highest BCUT2D eigenvalue weighted by Crippen LogP contribution is 2.62. The lowest BCUT2D eigenvalue weighted by Gasteiger charge is -2.57. The maximum Gasteiger partial charge on any atom is 0.174 e. The van der Waals surface area contributed by atoms with E-state index in [1.807, 2.05) is 0 Å². The molecular formula is C18H21NO3. The van der Waals surface area contributed by atoms with E-state index in [1.165, 1.54) is 12.0 Å². The van der Waals surface area contributed by atoms with Gasteiger partial charge in [-0.1, -0.05) is 6.07 Å². The monoisotopic (exact) mass is 305 g/mol. The highest BCUT2D eigenvalue weighted by molar-refractivity contribution is 5.89. The first-order valence-electron chi connectivity index (χ1n) is 10.5. The minimum atomic E-state index is -2.39. The summed E-state index contributed by atoms with van der Waals surface area (Å²) in [5.41, 5.74) is -0.642. The van der Waals surface area contributed by atoms with Crippen LogP contribution >= 0.6 is 0 Å². The average molecular weight is 305 g/mol. The highest BCUT2D eigenvalue weighted by Gasteiger charge is 2.65. The van der Waals surface area contributed by atoms with Crippen molar-refractivity contribution in [1.82, 2.24) is 4.90 Å². The standard InChI is InChI=1S/C18H21NO3/c1-19-8-7-18-11-4-5-13(20)17(18)22-16-14(21-2)6-3-10(15(16)18)9-12(11)19/h3,6,11-12,17H,4-5,7-9H2,1-2H3/t11-,12+,17?,18-/m0/s1/i5D2,9D2,11D,12D. The Balaban J connectivity index is 1.97. The number of Topliss-reactive ketones (excluding diaryl/α,β-unsaturated/α-hetero) is 1. The second-order valence-electron chi connectivity index (χ2n) is 6.33. The van der Waals surface area contributed by atoms with Crippen molar-refractivity contribution >= 4 is 5.78 Å².